The lowest BCUT2D eigenvalue weighted by Gasteiger charge is -2.19. The monoisotopic (exact) mass is 276 g/mol. The van der Waals surface area contributed by atoms with Gasteiger partial charge in [-0.25, -0.2) is 0 Å². The number of esters is 1. The molecule has 1 aliphatic rings. The highest BCUT2D eigenvalue weighted by molar-refractivity contribution is 6.08. The van der Waals surface area contributed by atoms with Gasteiger partial charge in [-0.3, -0.25) is 9.59 Å². The summed E-state index contributed by atoms with van der Waals surface area (Å²) in [5.74, 6) is -0.301. The van der Waals surface area contributed by atoms with Gasteiger partial charge < -0.3 is 15.4 Å². The highest BCUT2D eigenvalue weighted by Gasteiger charge is 2.43. The lowest BCUT2D eigenvalue weighted by molar-refractivity contribution is -0.142. The van der Waals surface area contributed by atoms with Crippen LogP contribution in [-0.2, 0) is 19.7 Å². The smallest absolute Gasteiger partial charge is 0.307 e. The molecule has 0 fully saturated rings. The molecule has 5 nitrogen and oxygen atoms in total. The Kier molecular flexibility index (Phi) is 3.70. The second kappa shape index (κ2) is 5.15. The molecule has 1 aromatic rings. The van der Waals surface area contributed by atoms with Crippen molar-refractivity contribution in [2.24, 2.45) is 0 Å². The van der Waals surface area contributed by atoms with Crippen LogP contribution in [0.3, 0.4) is 0 Å². The number of hydrogen-bond acceptors (Lipinski definition) is 4. The number of rotatable bonds is 4. The second-order valence-electron chi connectivity index (χ2n) is 5.41. The molecular weight excluding hydrogens is 256 g/mol. The number of hydrogen-bond donors (Lipinski definition) is 1. The number of carbonyl (C=O) groups is 2. The van der Waals surface area contributed by atoms with Gasteiger partial charge in [-0.1, -0.05) is 0 Å². The van der Waals surface area contributed by atoms with E-state index in [4.69, 9.17) is 10.5 Å². The third-order valence-corrected chi connectivity index (χ3v) is 3.61. The Bertz CT molecular complexity index is 552. The Morgan fingerprint density at radius 3 is 2.75 bits per heavy atom. The van der Waals surface area contributed by atoms with Crippen molar-refractivity contribution in [2.45, 2.75) is 32.6 Å². The van der Waals surface area contributed by atoms with Crippen LogP contribution in [0, 0.1) is 0 Å². The van der Waals surface area contributed by atoms with Gasteiger partial charge in [0.2, 0.25) is 5.91 Å². The largest absolute Gasteiger partial charge is 0.466 e. The molecule has 0 saturated carbocycles. The summed E-state index contributed by atoms with van der Waals surface area (Å²) in [6.45, 7) is 6.19. The molecule has 1 aliphatic heterocycles. The van der Waals surface area contributed by atoms with Gasteiger partial charge in [-0.15, -0.1) is 0 Å². The van der Waals surface area contributed by atoms with Crippen molar-refractivity contribution >= 4 is 23.3 Å². The van der Waals surface area contributed by atoms with E-state index in [1.54, 1.807) is 17.9 Å². The average Bonchev–Trinajstić information content (AvgIpc) is 2.57. The highest BCUT2D eigenvalue weighted by Crippen LogP contribution is 2.42. The van der Waals surface area contributed by atoms with E-state index in [0.717, 1.165) is 11.3 Å². The average molecular weight is 276 g/mol. The van der Waals surface area contributed by atoms with Crippen LogP contribution in [0.25, 0.3) is 0 Å². The van der Waals surface area contributed by atoms with E-state index < -0.39 is 5.41 Å². The van der Waals surface area contributed by atoms with Crippen molar-refractivity contribution in [2.75, 3.05) is 23.8 Å². The fourth-order valence-corrected chi connectivity index (χ4v) is 2.51. The van der Waals surface area contributed by atoms with Crippen LogP contribution >= 0.6 is 0 Å². The number of nitrogens with zero attached hydrogens (tertiary/aromatic N) is 1. The zero-order valence-electron chi connectivity index (χ0n) is 12.1. The van der Waals surface area contributed by atoms with Crippen molar-refractivity contribution < 1.29 is 14.3 Å². The van der Waals surface area contributed by atoms with Crippen molar-refractivity contribution in [3.05, 3.63) is 23.8 Å². The van der Waals surface area contributed by atoms with Gasteiger partial charge in [0.15, 0.2) is 0 Å². The fourth-order valence-electron chi connectivity index (χ4n) is 2.51. The SMILES string of the molecule is CCOC(=O)CCN1C(=O)C(C)(C)c2cc(N)ccc21. The summed E-state index contributed by atoms with van der Waals surface area (Å²) < 4.78 is 4.90. The van der Waals surface area contributed by atoms with E-state index in [2.05, 4.69) is 0 Å². The van der Waals surface area contributed by atoms with Crippen molar-refractivity contribution in [3.63, 3.8) is 0 Å². The summed E-state index contributed by atoms with van der Waals surface area (Å²) in [6.07, 6.45) is 0.194. The maximum atomic E-state index is 12.5. The Morgan fingerprint density at radius 1 is 1.40 bits per heavy atom. The molecule has 0 bridgehead atoms. The number of amides is 1. The minimum absolute atomic E-state index is 0.0117. The molecule has 0 aromatic heterocycles. The van der Waals surface area contributed by atoms with E-state index in [1.807, 2.05) is 26.0 Å². The van der Waals surface area contributed by atoms with Gasteiger partial charge >= 0.3 is 5.97 Å². The molecule has 0 atom stereocenters. The number of anilines is 2. The first-order chi connectivity index (χ1) is 9.37. The number of nitrogen functional groups attached to an aromatic ring is 1. The highest BCUT2D eigenvalue weighted by atomic mass is 16.5. The lowest BCUT2D eigenvalue weighted by atomic mass is 9.86. The maximum Gasteiger partial charge on any atom is 0.307 e. The van der Waals surface area contributed by atoms with E-state index in [0.29, 0.717) is 18.8 Å². The van der Waals surface area contributed by atoms with Crippen LogP contribution in [0.15, 0.2) is 18.2 Å². The number of nitrogens with two attached hydrogens (primary N) is 1. The number of fused-ring (bicyclic) bond motifs is 1. The summed E-state index contributed by atoms with van der Waals surface area (Å²) >= 11 is 0. The second-order valence-corrected chi connectivity index (χ2v) is 5.41. The standard InChI is InChI=1S/C15H20N2O3/c1-4-20-13(18)7-8-17-12-6-5-10(16)9-11(12)15(2,3)14(17)19/h5-6,9H,4,7-8,16H2,1-3H3. The van der Waals surface area contributed by atoms with Crippen LogP contribution in [-0.4, -0.2) is 25.0 Å². The van der Waals surface area contributed by atoms with Crippen molar-refractivity contribution in [1.82, 2.24) is 0 Å². The normalized spacial score (nSPS) is 16.1. The van der Waals surface area contributed by atoms with Crippen LogP contribution < -0.4 is 10.6 Å². The van der Waals surface area contributed by atoms with E-state index in [-0.39, 0.29) is 18.3 Å². The third-order valence-electron chi connectivity index (χ3n) is 3.61. The molecule has 2 N–H and O–H groups in total. The molecule has 0 radical (unpaired) electrons. The Labute approximate surface area is 118 Å². The molecule has 0 saturated heterocycles. The molecule has 1 heterocycles. The van der Waals surface area contributed by atoms with Crippen molar-refractivity contribution in [3.8, 4) is 0 Å². The van der Waals surface area contributed by atoms with Crippen LogP contribution in [0.5, 0.6) is 0 Å². The minimum atomic E-state index is -0.612. The Balaban J connectivity index is 2.24. The van der Waals surface area contributed by atoms with Gasteiger partial charge in [0.1, 0.15) is 0 Å². The maximum absolute atomic E-state index is 12.5. The first-order valence-electron chi connectivity index (χ1n) is 6.75. The van der Waals surface area contributed by atoms with Gasteiger partial charge in [0, 0.05) is 17.9 Å². The van der Waals surface area contributed by atoms with Crippen LogP contribution in [0.1, 0.15) is 32.8 Å². The quantitative estimate of drug-likeness (QED) is 0.673. The molecule has 0 spiro atoms. The molecule has 0 unspecified atom stereocenters. The van der Waals surface area contributed by atoms with Crippen LogP contribution in [0.2, 0.25) is 0 Å². The molecule has 20 heavy (non-hydrogen) atoms. The summed E-state index contributed by atoms with van der Waals surface area (Å²) in [5.41, 5.74) is 7.57. The number of ether oxygens (including phenoxy) is 1. The molecule has 2 rings (SSSR count). The first-order valence-corrected chi connectivity index (χ1v) is 6.75. The summed E-state index contributed by atoms with van der Waals surface area (Å²) in [4.78, 5) is 25.6. The zero-order valence-corrected chi connectivity index (χ0v) is 12.1. The third kappa shape index (κ3) is 2.35. The van der Waals surface area contributed by atoms with Crippen molar-refractivity contribution in [1.29, 1.82) is 0 Å². The minimum Gasteiger partial charge on any atom is -0.466 e. The fraction of sp³-hybridized carbons (Fsp3) is 0.467. The first kappa shape index (κ1) is 14.4. The van der Waals surface area contributed by atoms with E-state index in [9.17, 15) is 9.59 Å². The molecular formula is C15H20N2O3. The summed E-state index contributed by atoms with van der Waals surface area (Å²) in [6, 6.07) is 5.44. The molecule has 1 aromatic carbocycles. The van der Waals surface area contributed by atoms with Gasteiger partial charge in [0.05, 0.1) is 18.4 Å². The molecule has 5 heteroatoms. The van der Waals surface area contributed by atoms with Gasteiger partial charge in [0.25, 0.3) is 0 Å². The van der Waals surface area contributed by atoms with Crippen LogP contribution in [0.4, 0.5) is 11.4 Å². The summed E-state index contributed by atoms with van der Waals surface area (Å²) in [5, 5.41) is 0. The van der Waals surface area contributed by atoms with Gasteiger partial charge in [-0.05, 0) is 44.5 Å². The predicted molar refractivity (Wildman–Crippen MR) is 77.5 cm³/mol. The van der Waals surface area contributed by atoms with E-state index >= 15 is 0 Å². The van der Waals surface area contributed by atoms with Gasteiger partial charge in [-0.2, -0.15) is 0 Å². The number of carbonyl (C=O) groups excluding carboxylic acids is 2. The zero-order chi connectivity index (χ0) is 14.9. The lowest BCUT2D eigenvalue weighted by Crippen LogP contribution is -2.37. The summed E-state index contributed by atoms with van der Waals surface area (Å²) in [7, 11) is 0. The molecule has 0 aliphatic carbocycles. The Hall–Kier alpha value is -2.04. The molecule has 108 valence electrons. The molecule has 1 amide bonds. The predicted octanol–water partition coefficient (Wildman–Crippen LogP) is 1.85. The van der Waals surface area contributed by atoms with E-state index in [1.165, 1.54) is 0 Å². The Morgan fingerprint density at radius 2 is 2.10 bits per heavy atom. The number of benzene rings is 1. The topological polar surface area (TPSA) is 72.6 Å².